The molecule has 1 heterocycles. The van der Waals surface area contributed by atoms with Crippen LogP contribution in [0.15, 0.2) is 83.1 Å². The van der Waals surface area contributed by atoms with Gasteiger partial charge in [-0.15, -0.1) is 0 Å². The van der Waals surface area contributed by atoms with Crippen molar-refractivity contribution in [2.24, 2.45) is 0 Å². The van der Waals surface area contributed by atoms with E-state index in [1.54, 1.807) is 55.5 Å². The van der Waals surface area contributed by atoms with E-state index in [1.807, 2.05) is 0 Å². The fourth-order valence-corrected chi connectivity index (χ4v) is 4.59. The number of anilines is 1. The summed E-state index contributed by atoms with van der Waals surface area (Å²) in [6, 6.07) is 16.0. The number of esters is 1. The fourth-order valence-electron chi connectivity index (χ4n) is 3.38. The van der Waals surface area contributed by atoms with Crippen molar-refractivity contribution in [3.8, 4) is 6.07 Å². The van der Waals surface area contributed by atoms with Crippen LogP contribution in [-0.2, 0) is 14.3 Å². The Morgan fingerprint density at radius 3 is 2.59 bits per heavy atom. The third-order valence-electron chi connectivity index (χ3n) is 4.90. The smallest absolute Gasteiger partial charge is 0.337 e. The van der Waals surface area contributed by atoms with E-state index in [1.165, 1.54) is 6.08 Å². The molecule has 1 amide bonds. The molecule has 9 heteroatoms. The zero-order valence-electron chi connectivity index (χ0n) is 18.2. The molecule has 0 saturated carbocycles. The van der Waals surface area contributed by atoms with Crippen molar-refractivity contribution in [3.05, 3.63) is 98.7 Å². The molecule has 0 saturated heterocycles. The number of halogens is 2. The van der Waals surface area contributed by atoms with Crippen LogP contribution < -0.4 is 10.6 Å². The van der Waals surface area contributed by atoms with E-state index in [0.29, 0.717) is 43.2 Å². The molecule has 3 rings (SSSR count). The number of carbonyl (C=O) groups excluding carboxylic acids is 2. The molecule has 2 N–H and O–H groups in total. The summed E-state index contributed by atoms with van der Waals surface area (Å²) < 4.78 is 5.28. The van der Waals surface area contributed by atoms with Gasteiger partial charge in [0.25, 0.3) is 0 Å². The Labute approximate surface area is 212 Å². The van der Waals surface area contributed by atoms with Crippen molar-refractivity contribution >= 4 is 52.5 Å². The number of benzene rings is 2. The second-order valence-electron chi connectivity index (χ2n) is 7.21. The molecule has 1 aliphatic rings. The number of ether oxygens (including phenoxy) is 1. The van der Waals surface area contributed by atoms with E-state index in [2.05, 4.69) is 23.3 Å². The average Bonchev–Trinajstić information content (AvgIpc) is 2.82. The van der Waals surface area contributed by atoms with Gasteiger partial charge in [-0.3, -0.25) is 4.79 Å². The minimum absolute atomic E-state index is 0.0234. The van der Waals surface area contributed by atoms with Gasteiger partial charge in [-0.1, -0.05) is 71.9 Å². The summed E-state index contributed by atoms with van der Waals surface area (Å²) in [5, 5.41) is 17.4. The number of dihydropyridines is 1. The first-order valence-electron chi connectivity index (χ1n) is 10.2. The van der Waals surface area contributed by atoms with Gasteiger partial charge in [-0.05, 0) is 36.8 Å². The summed E-state index contributed by atoms with van der Waals surface area (Å²) in [5.74, 6) is -1.51. The lowest BCUT2D eigenvalue weighted by Crippen LogP contribution is -2.29. The molecule has 2 aromatic rings. The molecule has 174 valence electrons. The Balaban J connectivity index is 1.90. The highest BCUT2D eigenvalue weighted by Gasteiger charge is 2.35. The van der Waals surface area contributed by atoms with E-state index in [4.69, 9.17) is 27.9 Å². The Morgan fingerprint density at radius 1 is 1.24 bits per heavy atom. The van der Waals surface area contributed by atoms with Crippen LogP contribution in [0.25, 0.3) is 0 Å². The van der Waals surface area contributed by atoms with Gasteiger partial charge in [-0.2, -0.15) is 5.26 Å². The largest absolute Gasteiger partial charge is 0.458 e. The van der Waals surface area contributed by atoms with Crippen LogP contribution in [0.5, 0.6) is 0 Å². The number of thioether (sulfide) groups is 1. The van der Waals surface area contributed by atoms with Crippen LogP contribution >= 0.6 is 35.0 Å². The molecule has 0 radical (unpaired) electrons. The number of hydrogen-bond acceptors (Lipinski definition) is 6. The lowest BCUT2D eigenvalue weighted by molar-refractivity contribution is -0.138. The molecular weight excluding hydrogens is 493 g/mol. The molecule has 1 aliphatic heterocycles. The number of nitrogens with zero attached hydrogens (tertiary/aromatic N) is 1. The maximum Gasteiger partial charge on any atom is 0.337 e. The summed E-state index contributed by atoms with van der Waals surface area (Å²) in [4.78, 5) is 25.4. The molecule has 0 bridgehead atoms. The number of allylic oxidation sites excluding steroid dienone is 2. The summed E-state index contributed by atoms with van der Waals surface area (Å²) in [5.41, 5.74) is 2.34. The predicted octanol–water partition coefficient (Wildman–Crippen LogP) is 5.79. The topological polar surface area (TPSA) is 91.2 Å². The zero-order chi connectivity index (χ0) is 24.7. The Hall–Kier alpha value is -3.18. The first-order valence-corrected chi connectivity index (χ1v) is 11.9. The van der Waals surface area contributed by atoms with Gasteiger partial charge in [0, 0.05) is 10.7 Å². The van der Waals surface area contributed by atoms with Gasteiger partial charge in [0.2, 0.25) is 5.91 Å². The van der Waals surface area contributed by atoms with Crippen molar-refractivity contribution in [1.82, 2.24) is 5.32 Å². The van der Waals surface area contributed by atoms with Crippen LogP contribution in [-0.4, -0.2) is 24.2 Å². The van der Waals surface area contributed by atoms with Gasteiger partial charge in [0.05, 0.1) is 44.6 Å². The van der Waals surface area contributed by atoms with Crippen LogP contribution in [0.3, 0.4) is 0 Å². The van der Waals surface area contributed by atoms with E-state index < -0.39 is 11.9 Å². The standard InChI is InChI=1S/C25H21Cl2N3O3S/c1-3-12-33-25(32)22-15(2)29-24(18(13-28)23(22)16-8-10-17(26)11-9-16)34-14-21(31)30-20-7-5-4-6-19(20)27/h3-11,23,29H,1,12,14H2,2H3,(H,30,31)/t23-/m1/s1. The maximum absolute atomic E-state index is 12.9. The summed E-state index contributed by atoms with van der Waals surface area (Å²) in [6.07, 6.45) is 1.47. The first-order chi connectivity index (χ1) is 16.3. The van der Waals surface area contributed by atoms with Crippen LogP contribution in [0.4, 0.5) is 5.69 Å². The number of hydrogen-bond donors (Lipinski definition) is 2. The highest BCUT2D eigenvalue weighted by molar-refractivity contribution is 8.03. The molecule has 6 nitrogen and oxygen atoms in total. The Morgan fingerprint density at radius 2 is 1.94 bits per heavy atom. The molecule has 2 aromatic carbocycles. The predicted molar refractivity (Wildman–Crippen MR) is 136 cm³/mol. The normalized spacial score (nSPS) is 15.3. The van der Waals surface area contributed by atoms with Gasteiger partial charge in [-0.25, -0.2) is 4.79 Å². The molecule has 0 spiro atoms. The highest BCUT2D eigenvalue weighted by Crippen LogP contribution is 2.41. The van der Waals surface area contributed by atoms with Gasteiger partial charge in [0.1, 0.15) is 6.61 Å². The summed E-state index contributed by atoms with van der Waals surface area (Å²) >= 11 is 13.3. The van der Waals surface area contributed by atoms with E-state index >= 15 is 0 Å². The monoisotopic (exact) mass is 513 g/mol. The molecule has 0 unspecified atom stereocenters. The summed E-state index contributed by atoms with van der Waals surface area (Å²) in [6.45, 7) is 5.34. The molecular formula is C25H21Cl2N3O3S. The minimum Gasteiger partial charge on any atom is -0.458 e. The molecule has 34 heavy (non-hydrogen) atoms. The first kappa shape index (κ1) is 25.4. The quantitative estimate of drug-likeness (QED) is 0.342. The lowest BCUT2D eigenvalue weighted by Gasteiger charge is -2.29. The average molecular weight is 514 g/mol. The number of para-hydroxylation sites is 1. The number of carbonyl (C=O) groups is 2. The van der Waals surface area contributed by atoms with Gasteiger partial charge >= 0.3 is 5.97 Å². The molecule has 0 aliphatic carbocycles. The Kier molecular flexibility index (Phi) is 8.83. The van der Waals surface area contributed by atoms with Crippen LogP contribution in [0.1, 0.15) is 18.4 Å². The van der Waals surface area contributed by atoms with Crippen molar-refractivity contribution in [1.29, 1.82) is 5.26 Å². The number of nitriles is 1. The summed E-state index contributed by atoms with van der Waals surface area (Å²) in [7, 11) is 0. The van der Waals surface area contributed by atoms with Crippen LogP contribution in [0, 0.1) is 11.3 Å². The second kappa shape index (κ2) is 11.8. The van der Waals surface area contributed by atoms with Crippen molar-refractivity contribution in [2.45, 2.75) is 12.8 Å². The number of amides is 1. The van der Waals surface area contributed by atoms with E-state index in [9.17, 15) is 14.9 Å². The third-order valence-corrected chi connectivity index (χ3v) is 6.50. The van der Waals surface area contributed by atoms with Crippen molar-refractivity contribution in [2.75, 3.05) is 17.7 Å². The zero-order valence-corrected chi connectivity index (χ0v) is 20.6. The van der Waals surface area contributed by atoms with Crippen molar-refractivity contribution in [3.63, 3.8) is 0 Å². The molecule has 0 aromatic heterocycles. The van der Waals surface area contributed by atoms with Gasteiger partial charge in [0.15, 0.2) is 0 Å². The maximum atomic E-state index is 12.9. The van der Waals surface area contributed by atoms with E-state index in [0.717, 1.165) is 11.8 Å². The Bertz CT molecular complexity index is 1220. The molecule has 1 atom stereocenters. The number of nitrogens with one attached hydrogen (secondary N) is 2. The fraction of sp³-hybridized carbons (Fsp3) is 0.160. The van der Waals surface area contributed by atoms with Crippen molar-refractivity contribution < 1.29 is 14.3 Å². The van der Waals surface area contributed by atoms with Gasteiger partial charge < -0.3 is 15.4 Å². The second-order valence-corrected chi connectivity index (χ2v) is 9.04. The highest BCUT2D eigenvalue weighted by atomic mass is 35.5. The third kappa shape index (κ3) is 6.03. The SMILES string of the molecule is C=CCOC(=O)C1=C(C)NC(SCC(=O)Nc2ccccc2Cl)=C(C#N)[C@H]1c1ccc(Cl)cc1. The number of rotatable bonds is 8. The lowest BCUT2D eigenvalue weighted by atomic mass is 9.82. The minimum atomic E-state index is -0.685. The van der Waals surface area contributed by atoms with E-state index in [-0.39, 0.29) is 18.3 Å². The molecule has 0 fully saturated rings. The van der Waals surface area contributed by atoms with Crippen LogP contribution in [0.2, 0.25) is 10.0 Å².